The van der Waals surface area contributed by atoms with E-state index in [1.807, 2.05) is 0 Å². The predicted octanol–water partition coefficient (Wildman–Crippen LogP) is 4.26. The van der Waals surface area contributed by atoms with Crippen LogP contribution in [0.2, 0.25) is 0 Å². The van der Waals surface area contributed by atoms with Crippen LogP contribution in [0, 0.1) is 5.92 Å². The summed E-state index contributed by atoms with van der Waals surface area (Å²) >= 11 is 0. The average molecular weight is 395 g/mol. The number of nitrogens with zero attached hydrogens (tertiary/aromatic N) is 4. The van der Waals surface area contributed by atoms with E-state index in [9.17, 15) is 0 Å². The topological polar surface area (TPSA) is 45.4 Å². The lowest BCUT2D eigenvalue weighted by Crippen LogP contribution is -2.47. The number of hydrogen-bond acceptors (Lipinski definition) is 5. The fourth-order valence-electron chi connectivity index (χ4n) is 5.09. The van der Waals surface area contributed by atoms with Crippen LogP contribution in [-0.2, 0) is 13.0 Å². The van der Waals surface area contributed by atoms with Crippen molar-refractivity contribution in [2.45, 2.75) is 69.9 Å². The monoisotopic (exact) mass is 394 g/mol. The lowest BCUT2D eigenvalue weighted by atomic mass is 9.90. The molecule has 0 amide bonds. The smallest absolute Gasteiger partial charge is 0.229 e. The molecule has 0 N–H and O–H groups in total. The van der Waals surface area contributed by atoms with Crippen LogP contribution in [0.1, 0.15) is 68.1 Å². The SMILES string of the molecule is c1ccc(CN2CCC(N3CCC(CCc4noc(C5CC5)n4)CC3)CC2)cc1. The summed E-state index contributed by atoms with van der Waals surface area (Å²) in [6, 6.07) is 11.7. The number of benzene rings is 1. The fourth-order valence-corrected chi connectivity index (χ4v) is 5.09. The number of aromatic nitrogens is 2. The minimum atomic E-state index is 0.568. The molecule has 3 heterocycles. The van der Waals surface area contributed by atoms with Gasteiger partial charge in [-0.2, -0.15) is 4.98 Å². The maximum Gasteiger partial charge on any atom is 0.229 e. The number of piperidine rings is 2. The largest absolute Gasteiger partial charge is 0.339 e. The molecule has 0 bridgehead atoms. The maximum absolute atomic E-state index is 5.40. The Labute approximate surface area is 174 Å². The van der Waals surface area contributed by atoms with Crippen molar-refractivity contribution >= 4 is 0 Å². The highest BCUT2D eigenvalue weighted by atomic mass is 16.5. The molecule has 0 unspecified atom stereocenters. The lowest BCUT2D eigenvalue weighted by molar-refractivity contribution is 0.0738. The van der Waals surface area contributed by atoms with Crippen molar-refractivity contribution in [3.63, 3.8) is 0 Å². The molecule has 0 atom stereocenters. The van der Waals surface area contributed by atoms with E-state index < -0.39 is 0 Å². The summed E-state index contributed by atoms with van der Waals surface area (Å²) in [6.07, 6.45) is 9.96. The molecule has 3 aliphatic rings. The van der Waals surface area contributed by atoms with E-state index in [0.717, 1.165) is 36.6 Å². The van der Waals surface area contributed by atoms with Crippen molar-refractivity contribution in [3.05, 3.63) is 47.6 Å². The van der Waals surface area contributed by atoms with E-state index in [1.165, 1.54) is 76.7 Å². The van der Waals surface area contributed by atoms with Gasteiger partial charge < -0.3 is 9.42 Å². The molecule has 5 heteroatoms. The van der Waals surface area contributed by atoms with Crippen LogP contribution in [0.15, 0.2) is 34.9 Å². The Balaban J connectivity index is 1.01. The molecule has 1 aromatic carbocycles. The summed E-state index contributed by atoms with van der Waals surface area (Å²) in [5.41, 5.74) is 1.44. The minimum Gasteiger partial charge on any atom is -0.339 e. The summed E-state index contributed by atoms with van der Waals surface area (Å²) in [7, 11) is 0. The molecular formula is C24H34N4O. The number of hydrogen-bond donors (Lipinski definition) is 0. The van der Waals surface area contributed by atoms with E-state index in [1.54, 1.807) is 0 Å². The van der Waals surface area contributed by atoms with Crippen LogP contribution >= 0.6 is 0 Å². The van der Waals surface area contributed by atoms with Crippen molar-refractivity contribution < 1.29 is 4.52 Å². The first-order valence-electron chi connectivity index (χ1n) is 11.7. The molecule has 1 aromatic heterocycles. The zero-order valence-corrected chi connectivity index (χ0v) is 17.5. The Bertz CT molecular complexity index is 756. The molecule has 1 aliphatic carbocycles. The third kappa shape index (κ3) is 5.07. The quantitative estimate of drug-likeness (QED) is 0.702. The molecule has 0 spiro atoms. The molecule has 156 valence electrons. The van der Waals surface area contributed by atoms with Crippen LogP contribution in [0.25, 0.3) is 0 Å². The standard InChI is InChI=1S/C24H34N4O/c1-2-4-20(5-3-1)18-27-14-12-22(13-15-27)28-16-10-19(11-17-28)6-9-23-25-24(29-26-23)21-7-8-21/h1-5,19,21-22H,6-18H2. The van der Waals surface area contributed by atoms with Gasteiger partial charge in [-0.1, -0.05) is 35.5 Å². The van der Waals surface area contributed by atoms with Gasteiger partial charge in [-0.25, -0.2) is 0 Å². The molecule has 2 aromatic rings. The third-order valence-corrected chi connectivity index (χ3v) is 7.16. The lowest BCUT2D eigenvalue weighted by Gasteiger charge is -2.42. The Morgan fingerprint density at radius 3 is 2.38 bits per heavy atom. The van der Waals surface area contributed by atoms with E-state index in [-0.39, 0.29) is 0 Å². The molecule has 1 saturated carbocycles. The average Bonchev–Trinajstić information content (AvgIpc) is 3.52. The molecule has 2 saturated heterocycles. The second kappa shape index (κ2) is 8.97. The first-order chi connectivity index (χ1) is 14.3. The van der Waals surface area contributed by atoms with Gasteiger partial charge in [0.1, 0.15) is 0 Å². The Morgan fingerprint density at radius 1 is 0.897 bits per heavy atom. The Kier molecular flexibility index (Phi) is 5.95. The summed E-state index contributed by atoms with van der Waals surface area (Å²) in [5, 5.41) is 4.19. The first-order valence-corrected chi connectivity index (χ1v) is 11.7. The van der Waals surface area contributed by atoms with Crippen molar-refractivity contribution in [2.24, 2.45) is 5.92 Å². The highest BCUT2D eigenvalue weighted by molar-refractivity contribution is 5.14. The Hall–Kier alpha value is -1.72. The molecule has 2 aliphatic heterocycles. The van der Waals surface area contributed by atoms with E-state index >= 15 is 0 Å². The van der Waals surface area contributed by atoms with E-state index in [0.29, 0.717) is 5.92 Å². The zero-order valence-electron chi connectivity index (χ0n) is 17.5. The van der Waals surface area contributed by atoms with Crippen LogP contribution < -0.4 is 0 Å². The maximum atomic E-state index is 5.40. The van der Waals surface area contributed by atoms with Gasteiger partial charge in [-0.05, 0) is 82.6 Å². The second-order valence-corrected chi connectivity index (χ2v) is 9.33. The van der Waals surface area contributed by atoms with Gasteiger partial charge in [-0.15, -0.1) is 0 Å². The van der Waals surface area contributed by atoms with Gasteiger partial charge in [0.15, 0.2) is 5.82 Å². The third-order valence-electron chi connectivity index (χ3n) is 7.16. The van der Waals surface area contributed by atoms with Crippen LogP contribution in [0.4, 0.5) is 0 Å². The minimum absolute atomic E-state index is 0.568. The number of likely N-dealkylation sites (tertiary alicyclic amines) is 2. The van der Waals surface area contributed by atoms with Crippen LogP contribution in [-0.4, -0.2) is 52.2 Å². The van der Waals surface area contributed by atoms with E-state index in [2.05, 4.69) is 50.3 Å². The second-order valence-electron chi connectivity index (χ2n) is 9.33. The van der Waals surface area contributed by atoms with E-state index in [4.69, 9.17) is 4.52 Å². The highest BCUT2D eigenvalue weighted by Crippen LogP contribution is 2.39. The normalized spacial score (nSPS) is 22.9. The number of aryl methyl sites for hydroxylation is 1. The molecule has 3 fully saturated rings. The molecule has 5 nitrogen and oxygen atoms in total. The van der Waals surface area contributed by atoms with Crippen molar-refractivity contribution in [1.29, 1.82) is 0 Å². The van der Waals surface area contributed by atoms with Crippen molar-refractivity contribution in [2.75, 3.05) is 26.2 Å². The summed E-state index contributed by atoms with van der Waals surface area (Å²) in [5.74, 6) is 3.21. The van der Waals surface area contributed by atoms with Gasteiger partial charge >= 0.3 is 0 Å². The first kappa shape index (κ1) is 19.3. The fraction of sp³-hybridized carbons (Fsp3) is 0.667. The zero-order chi connectivity index (χ0) is 19.5. The van der Waals surface area contributed by atoms with Crippen molar-refractivity contribution in [3.8, 4) is 0 Å². The predicted molar refractivity (Wildman–Crippen MR) is 114 cm³/mol. The summed E-state index contributed by atoms with van der Waals surface area (Å²) in [6.45, 7) is 6.12. The molecule has 29 heavy (non-hydrogen) atoms. The van der Waals surface area contributed by atoms with Gasteiger partial charge in [0, 0.05) is 24.9 Å². The summed E-state index contributed by atoms with van der Waals surface area (Å²) < 4.78 is 5.40. The van der Waals surface area contributed by atoms with Gasteiger partial charge in [-0.3, -0.25) is 4.90 Å². The molecule has 0 radical (unpaired) electrons. The van der Waals surface area contributed by atoms with Gasteiger partial charge in [0.25, 0.3) is 0 Å². The van der Waals surface area contributed by atoms with Gasteiger partial charge in [0.2, 0.25) is 5.89 Å². The molecule has 5 rings (SSSR count). The summed E-state index contributed by atoms with van der Waals surface area (Å²) in [4.78, 5) is 9.99. The van der Waals surface area contributed by atoms with Crippen molar-refractivity contribution in [1.82, 2.24) is 19.9 Å². The number of rotatable bonds is 7. The van der Waals surface area contributed by atoms with Gasteiger partial charge in [0.05, 0.1) is 0 Å². The highest BCUT2D eigenvalue weighted by Gasteiger charge is 2.30. The van der Waals surface area contributed by atoms with Crippen LogP contribution in [0.3, 0.4) is 0 Å². The Morgan fingerprint density at radius 2 is 1.66 bits per heavy atom. The van der Waals surface area contributed by atoms with Crippen LogP contribution in [0.5, 0.6) is 0 Å². The molecular weight excluding hydrogens is 360 g/mol.